The van der Waals surface area contributed by atoms with Gasteiger partial charge in [0.15, 0.2) is 0 Å². The van der Waals surface area contributed by atoms with Crippen molar-refractivity contribution in [3.05, 3.63) is 24.3 Å². The van der Waals surface area contributed by atoms with Crippen molar-refractivity contribution < 1.29 is 21.6 Å². The number of methoxy groups -OCH3 is 1. The molecule has 1 N–H and O–H groups in total. The van der Waals surface area contributed by atoms with Gasteiger partial charge in [0.05, 0.1) is 6.61 Å². The van der Waals surface area contributed by atoms with Crippen LogP contribution < -0.4 is 4.72 Å². The fourth-order valence-electron chi connectivity index (χ4n) is 1.23. The van der Waals surface area contributed by atoms with Crippen LogP contribution in [0, 0.1) is 0 Å². The predicted octanol–water partition coefficient (Wildman–Crippen LogP) is 0.539. The first-order chi connectivity index (χ1) is 8.29. The summed E-state index contributed by atoms with van der Waals surface area (Å²) in [5.41, 5.74) is 0. The third kappa shape index (κ3) is 3.92. The molecule has 0 heterocycles. The standard InChI is InChI=1S/C9H12ClNO5S2/c1-16-7-6-11-18(14,15)9-5-3-2-4-8(9)17(10,12)13/h2-5,11H,6-7H2,1H3. The first-order valence-corrected chi connectivity index (χ1v) is 8.60. The smallest absolute Gasteiger partial charge is 0.262 e. The summed E-state index contributed by atoms with van der Waals surface area (Å²) in [5.74, 6) is 0. The van der Waals surface area contributed by atoms with E-state index in [0.29, 0.717) is 0 Å². The van der Waals surface area contributed by atoms with E-state index < -0.39 is 24.0 Å². The van der Waals surface area contributed by atoms with Gasteiger partial charge in [-0.05, 0) is 12.1 Å². The summed E-state index contributed by atoms with van der Waals surface area (Å²) in [7, 11) is -1.46. The number of hydrogen-bond donors (Lipinski definition) is 1. The summed E-state index contributed by atoms with van der Waals surface area (Å²) in [6, 6.07) is 5.11. The fraction of sp³-hybridized carbons (Fsp3) is 0.333. The van der Waals surface area contributed by atoms with Crippen LogP contribution in [0.25, 0.3) is 0 Å². The maximum Gasteiger partial charge on any atom is 0.262 e. The van der Waals surface area contributed by atoms with Crippen molar-refractivity contribution in [2.24, 2.45) is 0 Å². The highest BCUT2D eigenvalue weighted by Gasteiger charge is 2.24. The topological polar surface area (TPSA) is 89.5 Å². The highest BCUT2D eigenvalue weighted by molar-refractivity contribution is 8.14. The van der Waals surface area contributed by atoms with Crippen LogP contribution in [0.4, 0.5) is 0 Å². The number of sulfonamides is 1. The Balaban J connectivity index is 3.18. The lowest BCUT2D eigenvalue weighted by atomic mass is 10.4. The number of halogens is 1. The van der Waals surface area contributed by atoms with E-state index in [1.165, 1.54) is 25.3 Å². The summed E-state index contributed by atoms with van der Waals surface area (Å²) in [6.07, 6.45) is 0. The maximum atomic E-state index is 11.9. The largest absolute Gasteiger partial charge is 0.383 e. The monoisotopic (exact) mass is 313 g/mol. The van der Waals surface area contributed by atoms with Gasteiger partial charge in [0.2, 0.25) is 10.0 Å². The highest BCUT2D eigenvalue weighted by Crippen LogP contribution is 2.23. The van der Waals surface area contributed by atoms with Gasteiger partial charge in [0.25, 0.3) is 9.05 Å². The number of rotatable bonds is 6. The maximum absolute atomic E-state index is 11.9. The number of benzene rings is 1. The van der Waals surface area contributed by atoms with Crippen LogP contribution in [0.1, 0.15) is 0 Å². The molecule has 0 aromatic heterocycles. The zero-order valence-corrected chi connectivity index (χ0v) is 11.8. The molecular formula is C9H12ClNO5S2. The minimum Gasteiger partial charge on any atom is -0.383 e. The third-order valence-electron chi connectivity index (χ3n) is 2.00. The molecule has 18 heavy (non-hydrogen) atoms. The average Bonchev–Trinajstić information content (AvgIpc) is 2.28. The van der Waals surface area contributed by atoms with Gasteiger partial charge in [-0.2, -0.15) is 0 Å². The van der Waals surface area contributed by atoms with Crippen molar-refractivity contribution in [1.82, 2.24) is 4.72 Å². The molecule has 0 amide bonds. The van der Waals surface area contributed by atoms with Gasteiger partial charge < -0.3 is 4.74 Å². The van der Waals surface area contributed by atoms with Crippen molar-refractivity contribution in [3.63, 3.8) is 0 Å². The van der Waals surface area contributed by atoms with Crippen molar-refractivity contribution in [3.8, 4) is 0 Å². The van der Waals surface area contributed by atoms with Crippen LogP contribution in [0.3, 0.4) is 0 Å². The van der Waals surface area contributed by atoms with Crippen molar-refractivity contribution in [2.75, 3.05) is 20.3 Å². The fourth-order valence-corrected chi connectivity index (χ4v) is 4.08. The van der Waals surface area contributed by atoms with Crippen LogP contribution in [0.15, 0.2) is 34.1 Å². The molecule has 0 saturated heterocycles. The van der Waals surface area contributed by atoms with Crippen LogP contribution in [-0.4, -0.2) is 37.1 Å². The predicted molar refractivity (Wildman–Crippen MR) is 66.5 cm³/mol. The summed E-state index contributed by atoms with van der Waals surface area (Å²) < 4.78 is 53.2. The zero-order chi connectivity index (χ0) is 13.8. The molecule has 0 fully saturated rings. The van der Waals surface area contributed by atoms with Crippen molar-refractivity contribution in [1.29, 1.82) is 0 Å². The minimum atomic E-state index is -4.13. The molecule has 1 rings (SSSR count). The Bertz CT molecular complexity index is 612. The summed E-state index contributed by atoms with van der Waals surface area (Å²) in [4.78, 5) is -0.826. The van der Waals surface area contributed by atoms with Gasteiger partial charge in [-0.15, -0.1) is 0 Å². The second-order valence-electron chi connectivity index (χ2n) is 3.28. The molecule has 0 aliphatic rings. The summed E-state index contributed by atoms with van der Waals surface area (Å²) in [5, 5.41) is 0. The Hall–Kier alpha value is -0.670. The van der Waals surface area contributed by atoms with Gasteiger partial charge in [-0.3, -0.25) is 0 Å². The Kier molecular flexibility index (Phi) is 5.11. The second kappa shape index (κ2) is 5.98. The Morgan fingerprint density at radius 3 is 2.22 bits per heavy atom. The van der Waals surface area contributed by atoms with E-state index in [0.717, 1.165) is 6.07 Å². The van der Waals surface area contributed by atoms with E-state index in [2.05, 4.69) is 4.72 Å². The summed E-state index contributed by atoms with van der Waals surface area (Å²) >= 11 is 0. The quantitative estimate of drug-likeness (QED) is 0.611. The van der Waals surface area contributed by atoms with Crippen molar-refractivity contribution in [2.45, 2.75) is 9.79 Å². The second-order valence-corrected chi connectivity index (χ2v) is 7.54. The van der Waals surface area contributed by atoms with E-state index in [-0.39, 0.29) is 18.0 Å². The number of nitrogens with one attached hydrogen (secondary N) is 1. The molecule has 0 unspecified atom stereocenters. The lowest BCUT2D eigenvalue weighted by Crippen LogP contribution is -2.28. The normalized spacial score (nSPS) is 12.6. The molecule has 0 atom stereocenters. The van der Waals surface area contributed by atoms with E-state index in [1.54, 1.807) is 0 Å². The molecule has 0 radical (unpaired) electrons. The number of hydrogen-bond acceptors (Lipinski definition) is 5. The van der Waals surface area contributed by atoms with Crippen molar-refractivity contribution >= 4 is 29.8 Å². The van der Waals surface area contributed by atoms with Crippen LogP contribution in [0.5, 0.6) is 0 Å². The van der Waals surface area contributed by atoms with Gasteiger partial charge in [0.1, 0.15) is 9.79 Å². The van der Waals surface area contributed by atoms with Crippen LogP contribution in [-0.2, 0) is 23.8 Å². The highest BCUT2D eigenvalue weighted by atomic mass is 35.7. The molecular weight excluding hydrogens is 302 g/mol. The van der Waals surface area contributed by atoms with E-state index in [1.807, 2.05) is 0 Å². The van der Waals surface area contributed by atoms with Gasteiger partial charge >= 0.3 is 0 Å². The Morgan fingerprint density at radius 1 is 1.17 bits per heavy atom. The van der Waals surface area contributed by atoms with Gasteiger partial charge in [-0.1, -0.05) is 12.1 Å². The molecule has 0 aliphatic heterocycles. The molecule has 0 aliphatic carbocycles. The SMILES string of the molecule is COCCNS(=O)(=O)c1ccccc1S(=O)(=O)Cl. The Morgan fingerprint density at radius 2 is 1.72 bits per heavy atom. The number of ether oxygens (including phenoxy) is 1. The first-order valence-electron chi connectivity index (χ1n) is 4.81. The molecule has 0 saturated carbocycles. The molecule has 6 nitrogen and oxygen atoms in total. The molecule has 1 aromatic rings. The van der Waals surface area contributed by atoms with Crippen LogP contribution in [0.2, 0.25) is 0 Å². The molecule has 1 aromatic carbocycles. The zero-order valence-electron chi connectivity index (χ0n) is 9.46. The van der Waals surface area contributed by atoms with E-state index in [9.17, 15) is 16.8 Å². The lowest BCUT2D eigenvalue weighted by molar-refractivity contribution is 0.204. The lowest BCUT2D eigenvalue weighted by Gasteiger charge is -2.09. The average molecular weight is 314 g/mol. The van der Waals surface area contributed by atoms with Crippen LogP contribution >= 0.6 is 10.7 Å². The molecule has 0 spiro atoms. The molecule has 0 bridgehead atoms. The minimum absolute atomic E-state index is 0.0372. The Labute approximate surface area is 110 Å². The van der Waals surface area contributed by atoms with E-state index >= 15 is 0 Å². The van der Waals surface area contributed by atoms with E-state index in [4.69, 9.17) is 15.4 Å². The molecule has 9 heteroatoms. The third-order valence-corrected chi connectivity index (χ3v) is 5.03. The first kappa shape index (κ1) is 15.4. The van der Waals surface area contributed by atoms with Gasteiger partial charge in [-0.25, -0.2) is 21.6 Å². The van der Waals surface area contributed by atoms with Gasteiger partial charge in [0, 0.05) is 24.3 Å². The summed E-state index contributed by atoms with van der Waals surface area (Å²) in [6.45, 7) is 0.213. The molecule has 102 valence electrons.